The SMILES string of the molecule is NCCCCC(N)(C(=O)O)C(=O)/C=C\C(=O)C(N)(CCCCN)C(=O)O. The average molecular weight is 372 g/mol. The van der Waals surface area contributed by atoms with Crippen LogP contribution in [0.25, 0.3) is 0 Å². The van der Waals surface area contributed by atoms with Crippen molar-refractivity contribution in [2.24, 2.45) is 22.9 Å². The topological polar surface area (TPSA) is 213 Å². The smallest absolute Gasteiger partial charge is 0.331 e. The van der Waals surface area contributed by atoms with Gasteiger partial charge in [-0.3, -0.25) is 9.59 Å². The third-order valence-electron chi connectivity index (χ3n) is 4.08. The van der Waals surface area contributed by atoms with Crippen molar-refractivity contribution in [3.05, 3.63) is 12.2 Å². The summed E-state index contributed by atoms with van der Waals surface area (Å²) >= 11 is 0. The van der Waals surface area contributed by atoms with Gasteiger partial charge in [0.05, 0.1) is 0 Å². The van der Waals surface area contributed by atoms with E-state index < -0.39 is 34.6 Å². The van der Waals surface area contributed by atoms with Gasteiger partial charge >= 0.3 is 11.9 Å². The van der Waals surface area contributed by atoms with E-state index in [9.17, 15) is 29.4 Å². The number of unbranched alkanes of at least 4 members (excludes halogenated alkanes) is 2. The minimum absolute atomic E-state index is 0.167. The number of carbonyl (C=O) groups is 4. The van der Waals surface area contributed by atoms with Crippen LogP contribution in [0.1, 0.15) is 38.5 Å². The molecule has 10 nitrogen and oxygen atoms in total. The number of hydrogen-bond donors (Lipinski definition) is 6. The van der Waals surface area contributed by atoms with Gasteiger partial charge in [-0.1, -0.05) is 0 Å². The molecule has 0 aromatic rings. The van der Waals surface area contributed by atoms with Crippen LogP contribution >= 0.6 is 0 Å². The molecule has 0 saturated carbocycles. The number of carboxylic acid groups (broad SMARTS) is 2. The summed E-state index contributed by atoms with van der Waals surface area (Å²) in [6, 6.07) is 0. The van der Waals surface area contributed by atoms with Gasteiger partial charge < -0.3 is 33.1 Å². The molecule has 0 aromatic carbocycles. The Labute approximate surface area is 151 Å². The number of nitrogens with two attached hydrogens (primary N) is 4. The first-order chi connectivity index (χ1) is 12.1. The van der Waals surface area contributed by atoms with Crippen molar-refractivity contribution in [1.82, 2.24) is 0 Å². The first-order valence-corrected chi connectivity index (χ1v) is 8.28. The Balaban J connectivity index is 5.27. The van der Waals surface area contributed by atoms with Crippen LogP contribution in [-0.4, -0.2) is 57.9 Å². The lowest BCUT2D eigenvalue weighted by Crippen LogP contribution is -2.55. The predicted molar refractivity (Wildman–Crippen MR) is 94.1 cm³/mol. The van der Waals surface area contributed by atoms with Gasteiger partial charge in [-0.2, -0.15) is 0 Å². The summed E-state index contributed by atoms with van der Waals surface area (Å²) in [7, 11) is 0. The van der Waals surface area contributed by atoms with Crippen molar-refractivity contribution in [2.75, 3.05) is 13.1 Å². The molecule has 0 bridgehead atoms. The van der Waals surface area contributed by atoms with Crippen LogP contribution in [0.3, 0.4) is 0 Å². The number of ketones is 2. The second-order valence-corrected chi connectivity index (χ2v) is 6.11. The van der Waals surface area contributed by atoms with Crippen molar-refractivity contribution in [3.8, 4) is 0 Å². The second kappa shape index (κ2) is 10.8. The highest BCUT2D eigenvalue weighted by atomic mass is 16.4. The third kappa shape index (κ3) is 6.30. The normalized spacial score (nSPS) is 16.0. The summed E-state index contributed by atoms with van der Waals surface area (Å²) in [5.41, 5.74) is 17.5. The number of rotatable bonds is 14. The highest BCUT2D eigenvalue weighted by molar-refractivity contribution is 6.18. The summed E-state index contributed by atoms with van der Waals surface area (Å²) in [4.78, 5) is 47.1. The van der Waals surface area contributed by atoms with Crippen LogP contribution in [0.4, 0.5) is 0 Å². The molecular weight excluding hydrogens is 344 g/mol. The van der Waals surface area contributed by atoms with Crippen molar-refractivity contribution < 1.29 is 29.4 Å². The number of carbonyl (C=O) groups excluding carboxylic acids is 2. The van der Waals surface area contributed by atoms with E-state index in [4.69, 9.17) is 22.9 Å². The zero-order valence-corrected chi connectivity index (χ0v) is 14.6. The standard InChI is InChI=1S/C16H28N4O6/c17-9-3-1-7-15(19,13(23)24)11(21)5-6-12(22)16(20,14(25)26)8-2-4-10-18/h5-6H,1-4,7-10,17-20H2,(H,23,24)(H,25,26)/b6-5-. The highest BCUT2D eigenvalue weighted by Crippen LogP contribution is 2.17. The average Bonchev–Trinajstić information content (AvgIpc) is 2.58. The van der Waals surface area contributed by atoms with Crippen LogP contribution in [0.2, 0.25) is 0 Å². The molecule has 0 fully saturated rings. The highest BCUT2D eigenvalue weighted by Gasteiger charge is 2.42. The molecule has 0 aliphatic rings. The first-order valence-electron chi connectivity index (χ1n) is 8.28. The lowest BCUT2D eigenvalue weighted by Gasteiger charge is -2.23. The van der Waals surface area contributed by atoms with Gasteiger partial charge in [-0.05, 0) is 63.8 Å². The number of hydrogen-bond acceptors (Lipinski definition) is 8. The molecule has 0 aliphatic heterocycles. The van der Waals surface area contributed by atoms with E-state index in [-0.39, 0.29) is 12.8 Å². The lowest BCUT2D eigenvalue weighted by molar-refractivity contribution is -0.149. The molecule has 2 unspecified atom stereocenters. The summed E-state index contributed by atoms with van der Waals surface area (Å²) in [6.45, 7) is 0.630. The minimum atomic E-state index is -2.22. The van der Waals surface area contributed by atoms with Gasteiger partial charge in [0.1, 0.15) is 0 Å². The molecule has 10 heteroatoms. The second-order valence-electron chi connectivity index (χ2n) is 6.11. The lowest BCUT2D eigenvalue weighted by atomic mass is 9.86. The van der Waals surface area contributed by atoms with Crippen LogP contribution in [0.15, 0.2) is 12.2 Å². The van der Waals surface area contributed by atoms with E-state index >= 15 is 0 Å². The summed E-state index contributed by atoms with van der Waals surface area (Å²) < 4.78 is 0. The van der Waals surface area contributed by atoms with E-state index in [0.717, 1.165) is 0 Å². The predicted octanol–water partition coefficient (Wildman–Crippen LogP) is -1.50. The quantitative estimate of drug-likeness (QED) is 0.118. The fraction of sp³-hybridized carbons (Fsp3) is 0.625. The zero-order valence-electron chi connectivity index (χ0n) is 14.6. The fourth-order valence-electron chi connectivity index (χ4n) is 2.22. The molecular formula is C16H28N4O6. The molecule has 0 aromatic heterocycles. The van der Waals surface area contributed by atoms with Crippen LogP contribution < -0.4 is 22.9 Å². The maximum absolute atomic E-state index is 12.2. The van der Waals surface area contributed by atoms with Crippen LogP contribution in [-0.2, 0) is 19.2 Å². The number of aliphatic carboxylic acids is 2. The Kier molecular flexibility index (Phi) is 9.88. The molecule has 0 aliphatic carbocycles. The molecule has 10 N–H and O–H groups in total. The van der Waals surface area contributed by atoms with Crippen molar-refractivity contribution in [2.45, 2.75) is 49.6 Å². The molecule has 26 heavy (non-hydrogen) atoms. The maximum atomic E-state index is 12.2. The van der Waals surface area contributed by atoms with E-state index in [2.05, 4.69) is 0 Å². The summed E-state index contributed by atoms with van der Waals surface area (Å²) in [5.74, 6) is -5.14. The Hall–Kier alpha value is -2.14. The Morgan fingerprint density at radius 1 is 0.692 bits per heavy atom. The Morgan fingerprint density at radius 2 is 1.00 bits per heavy atom. The Morgan fingerprint density at radius 3 is 1.23 bits per heavy atom. The van der Waals surface area contributed by atoms with Crippen molar-refractivity contribution >= 4 is 23.5 Å². The number of carboxylic acids is 2. The summed E-state index contributed by atoms with van der Waals surface area (Å²) in [5, 5.41) is 18.5. The van der Waals surface area contributed by atoms with E-state index in [1.807, 2.05) is 0 Å². The Bertz CT molecular complexity index is 517. The molecule has 0 saturated heterocycles. The monoisotopic (exact) mass is 372 g/mol. The molecule has 0 amide bonds. The van der Waals surface area contributed by atoms with Gasteiger partial charge in [0, 0.05) is 0 Å². The van der Waals surface area contributed by atoms with Crippen LogP contribution in [0.5, 0.6) is 0 Å². The van der Waals surface area contributed by atoms with Crippen molar-refractivity contribution in [3.63, 3.8) is 0 Å². The minimum Gasteiger partial charge on any atom is -0.480 e. The van der Waals surface area contributed by atoms with E-state index in [1.165, 1.54) is 0 Å². The van der Waals surface area contributed by atoms with Gasteiger partial charge in [0.2, 0.25) is 0 Å². The first kappa shape index (κ1) is 23.9. The van der Waals surface area contributed by atoms with E-state index in [0.29, 0.717) is 50.9 Å². The van der Waals surface area contributed by atoms with Gasteiger partial charge in [-0.15, -0.1) is 0 Å². The molecule has 148 valence electrons. The molecule has 0 rings (SSSR count). The molecule has 2 atom stereocenters. The van der Waals surface area contributed by atoms with Gasteiger partial charge in [0.25, 0.3) is 0 Å². The fourth-order valence-corrected chi connectivity index (χ4v) is 2.22. The van der Waals surface area contributed by atoms with Gasteiger partial charge in [0.15, 0.2) is 22.6 Å². The van der Waals surface area contributed by atoms with Crippen molar-refractivity contribution in [1.29, 1.82) is 0 Å². The zero-order chi connectivity index (χ0) is 20.4. The molecule has 0 radical (unpaired) electrons. The third-order valence-corrected chi connectivity index (χ3v) is 4.08. The molecule has 0 heterocycles. The summed E-state index contributed by atoms with van der Waals surface area (Å²) in [6.07, 6.45) is 2.59. The maximum Gasteiger partial charge on any atom is 0.331 e. The van der Waals surface area contributed by atoms with Crippen LogP contribution in [0, 0.1) is 0 Å². The largest absolute Gasteiger partial charge is 0.480 e. The van der Waals surface area contributed by atoms with Gasteiger partial charge in [-0.25, -0.2) is 9.59 Å². The molecule has 0 spiro atoms. The van der Waals surface area contributed by atoms with E-state index in [1.54, 1.807) is 0 Å².